The van der Waals surface area contributed by atoms with E-state index in [1.807, 2.05) is 24.3 Å². The summed E-state index contributed by atoms with van der Waals surface area (Å²) in [6, 6.07) is 11.8. The first-order valence-corrected chi connectivity index (χ1v) is 10.7. The van der Waals surface area contributed by atoms with Crippen LogP contribution in [0.25, 0.3) is 0 Å². The summed E-state index contributed by atoms with van der Waals surface area (Å²) in [5.41, 5.74) is 0.923. The number of Topliss-reactive ketones (excluding diaryl/α,β-unsaturated/α-hetero) is 1. The summed E-state index contributed by atoms with van der Waals surface area (Å²) in [7, 11) is 1.63. The van der Waals surface area contributed by atoms with Crippen molar-refractivity contribution in [1.82, 2.24) is 5.32 Å². The standard InChI is InChI=1S/C24H25ClFNO4/c1-30-18-4-2-3-16(9-18)5-6-17(28)11-23-13-24(14-23,15-23)27-22(29)12-31-19-7-8-20(25)21(26)10-19/h2-4,7-10H,5-6,11-15H2,1H3,(H,27,29). The van der Waals surface area contributed by atoms with Crippen LogP contribution in [0.1, 0.15) is 37.7 Å². The molecular weight excluding hydrogens is 421 g/mol. The molecule has 0 saturated heterocycles. The van der Waals surface area contributed by atoms with E-state index in [4.69, 9.17) is 21.1 Å². The summed E-state index contributed by atoms with van der Waals surface area (Å²) in [6.07, 6.45) is 4.26. The van der Waals surface area contributed by atoms with Gasteiger partial charge < -0.3 is 14.8 Å². The molecule has 2 aromatic rings. The van der Waals surface area contributed by atoms with E-state index in [0.29, 0.717) is 19.3 Å². The predicted octanol–water partition coefficient (Wildman–Crippen LogP) is 4.50. The van der Waals surface area contributed by atoms with Crippen LogP contribution in [0.5, 0.6) is 11.5 Å². The first kappa shape index (κ1) is 21.6. The monoisotopic (exact) mass is 445 g/mol. The lowest BCUT2D eigenvalue weighted by Crippen LogP contribution is -2.75. The number of hydrogen-bond donors (Lipinski definition) is 1. The third kappa shape index (κ3) is 4.85. The second-order valence-corrected chi connectivity index (χ2v) is 9.20. The molecule has 3 fully saturated rings. The van der Waals surface area contributed by atoms with Gasteiger partial charge in [0.25, 0.3) is 5.91 Å². The van der Waals surface area contributed by atoms with Crippen LogP contribution in [-0.4, -0.2) is 30.9 Å². The molecule has 2 aromatic carbocycles. The first-order valence-electron chi connectivity index (χ1n) is 10.3. The van der Waals surface area contributed by atoms with Crippen LogP contribution in [-0.2, 0) is 16.0 Å². The number of amides is 1. The summed E-state index contributed by atoms with van der Waals surface area (Å²) < 4.78 is 24.0. The molecule has 5 nitrogen and oxygen atoms in total. The lowest BCUT2D eigenvalue weighted by atomic mass is 9.38. The molecule has 0 unspecified atom stereocenters. The van der Waals surface area contributed by atoms with Crippen molar-refractivity contribution in [2.45, 2.75) is 44.1 Å². The average Bonchev–Trinajstić information content (AvgIpc) is 2.71. The zero-order chi connectivity index (χ0) is 22.1. The minimum Gasteiger partial charge on any atom is -0.497 e. The van der Waals surface area contributed by atoms with Gasteiger partial charge in [0.2, 0.25) is 0 Å². The van der Waals surface area contributed by atoms with Crippen molar-refractivity contribution in [3.05, 3.63) is 58.9 Å². The molecule has 1 amide bonds. The molecule has 0 atom stereocenters. The molecule has 7 heteroatoms. The topological polar surface area (TPSA) is 64.6 Å². The molecular formula is C24H25ClFNO4. The number of ketones is 1. The molecule has 0 aliphatic heterocycles. The van der Waals surface area contributed by atoms with E-state index in [1.165, 1.54) is 12.1 Å². The summed E-state index contributed by atoms with van der Waals surface area (Å²) in [6.45, 7) is -0.185. The average molecular weight is 446 g/mol. The van der Waals surface area contributed by atoms with E-state index >= 15 is 0 Å². The number of nitrogens with one attached hydrogen (secondary N) is 1. The molecule has 1 N–H and O–H groups in total. The van der Waals surface area contributed by atoms with Crippen LogP contribution in [0.2, 0.25) is 5.02 Å². The summed E-state index contributed by atoms with van der Waals surface area (Å²) in [5.74, 6) is 0.487. The van der Waals surface area contributed by atoms with Crippen LogP contribution < -0.4 is 14.8 Å². The third-order valence-electron chi connectivity index (χ3n) is 6.20. The fourth-order valence-electron chi connectivity index (χ4n) is 4.98. The number of carbonyl (C=O) groups is 2. The number of ether oxygens (including phenoxy) is 2. The molecule has 3 aliphatic carbocycles. The normalized spacial score (nSPS) is 23.3. The van der Waals surface area contributed by atoms with Gasteiger partial charge in [0.15, 0.2) is 6.61 Å². The van der Waals surface area contributed by atoms with E-state index in [9.17, 15) is 14.0 Å². The van der Waals surface area contributed by atoms with Gasteiger partial charge in [0.05, 0.1) is 12.1 Å². The Labute approximate surface area is 185 Å². The van der Waals surface area contributed by atoms with Crippen molar-refractivity contribution in [1.29, 1.82) is 0 Å². The number of methoxy groups -OCH3 is 1. The maximum absolute atomic E-state index is 13.4. The van der Waals surface area contributed by atoms with Gasteiger partial charge >= 0.3 is 0 Å². The second-order valence-electron chi connectivity index (χ2n) is 8.79. The third-order valence-corrected chi connectivity index (χ3v) is 6.51. The highest BCUT2D eigenvalue weighted by Gasteiger charge is 2.68. The highest BCUT2D eigenvalue weighted by Crippen LogP contribution is 2.69. The quantitative estimate of drug-likeness (QED) is 0.585. The predicted molar refractivity (Wildman–Crippen MR) is 115 cm³/mol. The maximum Gasteiger partial charge on any atom is 0.258 e. The van der Waals surface area contributed by atoms with Gasteiger partial charge in [0, 0.05) is 24.4 Å². The number of halogens is 2. The minimum absolute atomic E-state index is 0.00834. The Hall–Kier alpha value is -2.60. The van der Waals surface area contributed by atoms with Crippen LogP contribution in [0.3, 0.4) is 0 Å². The van der Waals surface area contributed by atoms with Crippen molar-refractivity contribution in [3.8, 4) is 11.5 Å². The molecule has 0 spiro atoms. The Balaban J connectivity index is 1.17. The minimum atomic E-state index is -0.586. The van der Waals surface area contributed by atoms with Gasteiger partial charge in [-0.2, -0.15) is 0 Å². The molecule has 0 heterocycles. The SMILES string of the molecule is COc1cccc(CCC(=O)CC23CC(NC(=O)COc4ccc(Cl)c(F)c4)(C2)C3)c1. The van der Waals surface area contributed by atoms with Crippen molar-refractivity contribution >= 4 is 23.3 Å². The summed E-state index contributed by atoms with van der Waals surface area (Å²) in [5, 5.41) is 3.02. The van der Waals surface area contributed by atoms with Crippen LogP contribution in [0.15, 0.2) is 42.5 Å². The van der Waals surface area contributed by atoms with E-state index in [-0.39, 0.29) is 40.0 Å². The zero-order valence-corrected chi connectivity index (χ0v) is 18.1. The molecule has 164 valence electrons. The van der Waals surface area contributed by atoms with E-state index < -0.39 is 5.82 Å². The molecule has 3 saturated carbocycles. The Bertz CT molecular complexity index is 989. The second kappa shape index (κ2) is 8.50. The highest BCUT2D eigenvalue weighted by atomic mass is 35.5. The lowest BCUT2D eigenvalue weighted by Gasteiger charge is -2.70. The van der Waals surface area contributed by atoms with E-state index in [2.05, 4.69) is 5.32 Å². The van der Waals surface area contributed by atoms with Crippen molar-refractivity contribution in [3.63, 3.8) is 0 Å². The number of carbonyl (C=O) groups excluding carboxylic acids is 2. The van der Waals surface area contributed by atoms with Crippen molar-refractivity contribution < 1.29 is 23.5 Å². The summed E-state index contributed by atoms with van der Waals surface area (Å²) in [4.78, 5) is 24.7. The number of hydrogen-bond acceptors (Lipinski definition) is 4. The zero-order valence-electron chi connectivity index (χ0n) is 17.4. The Morgan fingerprint density at radius 2 is 1.90 bits per heavy atom. The van der Waals surface area contributed by atoms with Gasteiger partial charge in [-0.15, -0.1) is 0 Å². The molecule has 5 rings (SSSR count). The van der Waals surface area contributed by atoms with Crippen LogP contribution in [0, 0.1) is 11.2 Å². The molecule has 3 aliphatic rings. The smallest absolute Gasteiger partial charge is 0.258 e. The Morgan fingerprint density at radius 3 is 2.61 bits per heavy atom. The maximum atomic E-state index is 13.4. The number of aryl methyl sites for hydroxylation is 1. The van der Waals surface area contributed by atoms with E-state index in [1.54, 1.807) is 7.11 Å². The lowest BCUT2D eigenvalue weighted by molar-refractivity contribution is -0.172. The van der Waals surface area contributed by atoms with Gasteiger partial charge in [-0.25, -0.2) is 4.39 Å². The molecule has 0 aromatic heterocycles. The fourth-order valence-corrected chi connectivity index (χ4v) is 5.10. The van der Waals surface area contributed by atoms with Crippen molar-refractivity contribution in [2.24, 2.45) is 5.41 Å². The fraction of sp³-hybridized carbons (Fsp3) is 0.417. The largest absolute Gasteiger partial charge is 0.497 e. The van der Waals surface area contributed by atoms with E-state index in [0.717, 1.165) is 36.6 Å². The van der Waals surface area contributed by atoms with Crippen molar-refractivity contribution in [2.75, 3.05) is 13.7 Å². The number of rotatable bonds is 10. The highest BCUT2D eigenvalue weighted by molar-refractivity contribution is 6.30. The van der Waals surface area contributed by atoms with Crippen LogP contribution in [0.4, 0.5) is 4.39 Å². The van der Waals surface area contributed by atoms with Gasteiger partial charge in [-0.1, -0.05) is 23.7 Å². The Morgan fingerprint density at radius 1 is 1.13 bits per heavy atom. The first-order chi connectivity index (χ1) is 14.8. The molecule has 2 bridgehead atoms. The molecule has 0 radical (unpaired) electrons. The number of benzene rings is 2. The van der Waals surface area contributed by atoms with Gasteiger partial charge in [-0.05, 0) is 60.9 Å². The van der Waals surface area contributed by atoms with Gasteiger partial charge in [-0.3, -0.25) is 9.59 Å². The molecule has 31 heavy (non-hydrogen) atoms. The van der Waals surface area contributed by atoms with Crippen LogP contribution >= 0.6 is 11.6 Å². The summed E-state index contributed by atoms with van der Waals surface area (Å²) >= 11 is 5.64. The van der Waals surface area contributed by atoms with Gasteiger partial charge in [0.1, 0.15) is 23.1 Å². The Kier molecular flexibility index (Phi) is 5.93.